The molecule has 0 bridgehead atoms. The summed E-state index contributed by atoms with van der Waals surface area (Å²) in [6.45, 7) is 7.67. The molecule has 0 saturated heterocycles. The van der Waals surface area contributed by atoms with E-state index >= 15 is 0 Å². The van der Waals surface area contributed by atoms with Gasteiger partial charge in [-0.3, -0.25) is 4.72 Å². The SMILES string of the molecule is CCOc1nc(C)c(NS(=O)(=O)/C=C/c2ccc(C)cc2)c(C)n1. The third kappa shape index (κ3) is 4.79. The number of sulfonamides is 1. The molecule has 0 atom stereocenters. The first-order chi connectivity index (χ1) is 11.3. The molecule has 7 heteroatoms. The minimum absolute atomic E-state index is 0.241. The quantitative estimate of drug-likeness (QED) is 0.868. The first-order valence-corrected chi connectivity index (χ1v) is 9.11. The van der Waals surface area contributed by atoms with E-state index in [1.165, 1.54) is 0 Å². The second-order valence-electron chi connectivity index (χ2n) is 5.35. The van der Waals surface area contributed by atoms with Crippen LogP contribution in [0.15, 0.2) is 29.7 Å². The molecule has 1 aromatic carbocycles. The van der Waals surface area contributed by atoms with Crippen LogP contribution < -0.4 is 9.46 Å². The van der Waals surface area contributed by atoms with E-state index in [1.807, 2.05) is 38.1 Å². The van der Waals surface area contributed by atoms with Gasteiger partial charge in [-0.1, -0.05) is 29.8 Å². The van der Waals surface area contributed by atoms with E-state index < -0.39 is 10.0 Å². The van der Waals surface area contributed by atoms with Crippen molar-refractivity contribution in [3.05, 3.63) is 52.2 Å². The van der Waals surface area contributed by atoms with Crippen LogP contribution in [0.4, 0.5) is 5.69 Å². The van der Waals surface area contributed by atoms with Crippen LogP contribution in [0.25, 0.3) is 6.08 Å². The zero-order valence-corrected chi connectivity index (χ0v) is 15.0. The first kappa shape index (κ1) is 17.9. The summed E-state index contributed by atoms with van der Waals surface area (Å²) in [6, 6.07) is 7.81. The number of aryl methyl sites for hydroxylation is 3. The molecule has 1 N–H and O–H groups in total. The molecule has 0 aliphatic carbocycles. The van der Waals surface area contributed by atoms with Crippen LogP contribution in [-0.2, 0) is 10.0 Å². The Labute approximate surface area is 142 Å². The van der Waals surface area contributed by atoms with E-state index in [0.29, 0.717) is 23.7 Å². The van der Waals surface area contributed by atoms with Gasteiger partial charge >= 0.3 is 6.01 Å². The average molecular weight is 347 g/mol. The van der Waals surface area contributed by atoms with Crippen molar-refractivity contribution in [3.63, 3.8) is 0 Å². The Hall–Kier alpha value is -2.41. The molecule has 0 spiro atoms. The van der Waals surface area contributed by atoms with Gasteiger partial charge in [-0.25, -0.2) is 8.42 Å². The third-order valence-electron chi connectivity index (χ3n) is 3.29. The van der Waals surface area contributed by atoms with E-state index in [-0.39, 0.29) is 6.01 Å². The minimum atomic E-state index is -3.66. The third-order valence-corrected chi connectivity index (χ3v) is 4.27. The Bertz CT molecular complexity index is 821. The molecule has 0 unspecified atom stereocenters. The van der Waals surface area contributed by atoms with Gasteiger partial charge in [0.15, 0.2) is 0 Å². The largest absolute Gasteiger partial charge is 0.464 e. The van der Waals surface area contributed by atoms with Crippen molar-refractivity contribution in [2.45, 2.75) is 27.7 Å². The predicted molar refractivity (Wildman–Crippen MR) is 95.4 cm³/mol. The molecule has 6 nitrogen and oxygen atoms in total. The molecule has 2 rings (SSSR count). The van der Waals surface area contributed by atoms with Crippen LogP contribution in [0.5, 0.6) is 6.01 Å². The number of anilines is 1. The molecule has 0 aliphatic heterocycles. The van der Waals surface area contributed by atoms with Crippen molar-refractivity contribution >= 4 is 21.8 Å². The summed E-state index contributed by atoms with van der Waals surface area (Å²) in [4.78, 5) is 8.30. The van der Waals surface area contributed by atoms with Crippen LogP contribution in [-0.4, -0.2) is 25.0 Å². The maximum Gasteiger partial charge on any atom is 0.316 e. The number of hydrogen-bond donors (Lipinski definition) is 1. The average Bonchev–Trinajstić information content (AvgIpc) is 2.51. The van der Waals surface area contributed by atoms with Gasteiger partial charge in [0, 0.05) is 0 Å². The van der Waals surface area contributed by atoms with E-state index in [9.17, 15) is 8.42 Å². The topological polar surface area (TPSA) is 81.2 Å². The summed E-state index contributed by atoms with van der Waals surface area (Å²) in [7, 11) is -3.66. The molecular weight excluding hydrogens is 326 g/mol. The number of benzene rings is 1. The van der Waals surface area contributed by atoms with Gasteiger partial charge in [0.2, 0.25) is 0 Å². The van der Waals surface area contributed by atoms with Crippen molar-refractivity contribution in [3.8, 4) is 6.01 Å². The van der Waals surface area contributed by atoms with Crippen LogP contribution >= 0.6 is 0 Å². The van der Waals surface area contributed by atoms with Crippen LogP contribution in [0.2, 0.25) is 0 Å². The molecule has 0 fully saturated rings. The highest BCUT2D eigenvalue weighted by atomic mass is 32.2. The summed E-state index contributed by atoms with van der Waals surface area (Å²) in [5.74, 6) is 0. The Morgan fingerprint density at radius 2 is 1.67 bits per heavy atom. The number of nitrogens with one attached hydrogen (secondary N) is 1. The molecule has 1 heterocycles. The highest BCUT2D eigenvalue weighted by molar-refractivity contribution is 7.95. The highest BCUT2D eigenvalue weighted by Gasteiger charge is 2.14. The summed E-state index contributed by atoms with van der Waals surface area (Å²) in [5, 5.41) is 1.13. The molecule has 1 aromatic heterocycles. The standard InChI is InChI=1S/C17H21N3O3S/c1-5-23-17-18-13(3)16(14(4)19-17)20-24(21,22)11-10-15-8-6-12(2)7-9-15/h6-11,20H,5H2,1-4H3/b11-10+. The van der Waals surface area contributed by atoms with Crippen LogP contribution in [0.3, 0.4) is 0 Å². The number of nitrogens with zero attached hydrogens (tertiary/aromatic N) is 2. The zero-order chi connectivity index (χ0) is 17.7. The zero-order valence-electron chi connectivity index (χ0n) is 14.2. The van der Waals surface area contributed by atoms with Crippen LogP contribution in [0.1, 0.15) is 29.4 Å². The maximum absolute atomic E-state index is 12.3. The number of hydrogen-bond acceptors (Lipinski definition) is 5. The molecule has 0 amide bonds. The summed E-state index contributed by atoms with van der Waals surface area (Å²) < 4.78 is 32.3. The summed E-state index contributed by atoms with van der Waals surface area (Å²) in [5.41, 5.74) is 3.32. The van der Waals surface area contributed by atoms with Crippen molar-refractivity contribution in [2.75, 3.05) is 11.3 Å². The lowest BCUT2D eigenvalue weighted by Crippen LogP contribution is -2.13. The Balaban J connectivity index is 2.21. The fourth-order valence-corrected chi connectivity index (χ4v) is 3.03. The van der Waals surface area contributed by atoms with Crippen molar-refractivity contribution in [2.24, 2.45) is 0 Å². The van der Waals surface area contributed by atoms with Crippen molar-refractivity contribution in [1.29, 1.82) is 0 Å². The van der Waals surface area contributed by atoms with Gasteiger partial charge in [-0.15, -0.1) is 0 Å². The number of aromatic nitrogens is 2. The fourth-order valence-electron chi connectivity index (χ4n) is 2.05. The lowest BCUT2D eigenvalue weighted by atomic mass is 10.2. The lowest BCUT2D eigenvalue weighted by molar-refractivity contribution is 0.311. The first-order valence-electron chi connectivity index (χ1n) is 7.56. The highest BCUT2D eigenvalue weighted by Crippen LogP contribution is 2.21. The van der Waals surface area contributed by atoms with Crippen molar-refractivity contribution in [1.82, 2.24) is 9.97 Å². The van der Waals surface area contributed by atoms with E-state index in [1.54, 1.807) is 19.9 Å². The number of ether oxygens (including phenoxy) is 1. The Morgan fingerprint density at radius 3 is 2.21 bits per heavy atom. The van der Waals surface area contributed by atoms with Crippen molar-refractivity contribution < 1.29 is 13.2 Å². The maximum atomic E-state index is 12.3. The van der Waals surface area contributed by atoms with Gasteiger partial charge in [0.05, 0.1) is 29.1 Å². The van der Waals surface area contributed by atoms with Crippen LogP contribution in [0, 0.1) is 20.8 Å². The molecule has 24 heavy (non-hydrogen) atoms. The Morgan fingerprint density at radius 1 is 1.08 bits per heavy atom. The molecule has 0 saturated carbocycles. The van der Waals surface area contributed by atoms with Gasteiger partial charge in [0.25, 0.3) is 10.0 Å². The summed E-state index contributed by atoms with van der Waals surface area (Å²) in [6.07, 6.45) is 1.54. The normalized spacial score (nSPS) is 11.7. The second-order valence-corrected chi connectivity index (χ2v) is 6.91. The molecule has 0 aliphatic rings. The minimum Gasteiger partial charge on any atom is -0.464 e. The van der Waals surface area contributed by atoms with E-state index in [0.717, 1.165) is 16.5 Å². The molecule has 128 valence electrons. The van der Waals surface area contributed by atoms with Gasteiger partial charge in [-0.2, -0.15) is 9.97 Å². The number of rotatable bonds is 6. The van der Waals surface area contributed by atoms with Gasteiger partial charge < -0.3 is 4.74 Å². The molecular formula is C17H21N3O3S. The molecule has 2 aromatic rings. The smallest absolute Gasteiger partial charge is 0.316 e. The van der Waals surface area contributed by atoms with E-state index in [4.69, 9.17) is 4.74 Å². The second kappa shape index (κ2) is 7.44. The fraction of sp³-hybridized carbons (Fsp3) is 0.294. The molecule has 0 radical (unpaired) electrons. The monoisotopic (exact) mass is 347 g/mol. The summed E-state index contributed by atoms with van der Waals surface area (Å²) >= 11 is 0. The van der Waals surface area contributed by atoms with E-state index in [2.05, 4.69) is 14.7 Å². The van der Waals surface area contributed by atoms with Gasteiger partial charge in [-0.05, 0) is 39.3 Å². The Kier molecular flexibility index (Phi) is 5.56. The predicted octanol–water partition coefficient (Wildman–Crippen LogP) is 3.21. The van der Waals surface area contributed by atoms with Gasteiger partial charge in [0.1, 0.15) is 0 Å². The lowest BCUT2D eigenvalue weighted by Gasteiger charge is -2.11.